The lowest BCUT2D eigenvalue weighted by Gasteiger charge is -2.14. The van der Waals surface area contributed by atoms with Crippen molar-refractivity contribution in [1.82, 2.24) is 0 Å². The van der Waals surface area contributed by atoms with Crippen molar-refractivity contribution in [2.75, 3.05) is 0 Å². The summed E-state index contributed by atoms with van der Waals surface area (Å²) in [5.41, 5.74) is -4.04. The molecule has 0 saturated heterocycles. The van der Waals surface area contributed by atoms with Gasteiger partial charge in [0.2, 0.25) is 0 Å². The van der Waals surface area contributed by atoms with Crippen LogP contribution in [0.2, 0.25) is 0 Å². The van der Waals surface area contributed by atoms with Crippen LogP contribution in [0.25, 0.3) is 6.08 Å². The number of aliphatic carboxylic acids is 1. The van der Waals surface area contributed by atoms with Gasteiger partial charge < -0.3 is 5.11 Å². The Bertz CT molecular complexity index is 554. The molecule has 0 spiro atoms. The SMILES string of the molecule is C/C(=C\c1ccc(C(F)(F)F)cc1C(F)(F)F)C(=O)O. The largest absolute Gasteiger partial charge is 0.478 e. The standard InChI is InChI=1S/C12H8F6O2/c1-6(10(19)20)4-7-2-3-8(11(13,14)15)5-9(7)12(16,17)18/h2-5H,1H3,(H,19,20)/b6-4+. The number of carboxylic acids is 1. The third-order valence-corrected chi connectivity index (χ3v) is 2.40. The van der Waals surface area contributed by atoms with Crippen LogP contribution in [0.1, 0.15) is 23.6 Å². The van der Waals surface area contributed by atoms with Crippen LogP contribution >= 0.6 is 0 Å². The zero-order chi connectivity index (χ0) is 15.7. The number of carbonyl (C=O) groups is 1. The molecule has 0 radical (unpaired) electrons. The van der Waals surface area contributed by atoms with Crippen molar-refractivity contribution in [2.45, 2.75) is 19.3 Å². The Kier molecular flexibility index (Phi) is 4.16. The highest BCUT2D eigenvalue weighted by Crippen LogP contribution is 2.37. The predicted octanol–water partition coefficient (Wildman–Crippen LogP) is 4.21. The highest BCUT2D eigenvalue weighted by atomic mass is 19.4. The van der Waals surface area contributed by atoms with Crippen molar-refractivity contribution in [3.63, 3.8) is 0 Å². The normalized spacial score (nSPS) is 13.4. The van der Waals surface area contributed by atoms with E-state index in [4.69, 9.17) is 5.11 Å². The number of alkyl halides is 6. The third-order valence-electron chi connectivity index (χ3n) is 2.40. The summed E-state index contributed by atoms with van der Waals surface area (Å²) in [7, 11) is 0. The Morgan fingerprint density at radius 2 is 1.65 bits per heavy atom. The van der Waals surface area contributed by atoms with E-state index in [1.54, 1.807) is 0 Å². The van der Waals surface area contributed by atoms with E-state index in [0.717, 1.165) is 6.92 Å². The molecule has 1 N–H and O–H groups in total. The number of halogens is 6. The molecule has 0 aliphatic carbocycles. The molecular formula is C12H8F6O2. The summed E-state index contributed by atoms with van der Waals surface area (Å²) in [5.74, 6) is -1.46. The monoisotopic (exact) mass is 298 g/mol. The van der Waals surface area contributed by atoms with E-state index in [2.05, 4.69) is 0 Å². The predicted molar refractivity (Wildman–Crippen MR) is 57.7 cm³/mol. The van der Waals surface area contributed by atoms with Gasteiger partial charge >= 0.3 is 18.3 Å². The highest BCUT2D eigenvalue weighted by Gasteiger charge is 2.37. The summed E-state index contributed by atoms with van der Waals surface area (Å²) < 4.78 is 75.4. The summed E-state index contributed by atoms with van der Waals surface area (Å²) in [6.07, 6.45) is -9.26. The van der Waals surface area contributed by atoms with Crippen LogP contribution in [0.4, 0.5) is 26.3 Å². The Morgan fingerprint density at radius 1 is 1.10 bits per heavy atom. The maximum absolute atomic E-state index is 12.7. The maximum atomic E-state index is 12.7. The van der Waals surface area contributed by atoms with Gasteiger partial charge in [-0.1, -0.05) is 6.07 Å². The molecule has 0 aliphatic heterocycles. The second kappa shape index (κ2) is 5.18. The van der Waals surface area contributed by atoms with Crippen LogP contribution in [0.3, 0.4) is 0 Å². The van der Waals surface area contributed by atoms with E-state index in [0.29, 0.717) is 18.2 Å². The Morgan fingerprint density at radius 3 is 2.05 bits per heavy atom. The molecule has 0 amide bonds. The summed E-state index contributed by atoms with van der Waals surface area (Å²) in [6, 6.07) is 1.02. The van der Waals surface area contributed by atoms with Crippen LogP contribution in [-0.4, -0.2) is 11.1 Å². The minimum atomic E-state index is -5.02. The van der Waals surface area contributed by atoms with Crippen LogP contribution in [0.15, 0.2) is 23.8 Å². The van der Waals surface area contributed by atoms with Gasteiger partial charge in [0.15, 0.2) is 0 Å². The molecule has 0 fully saturated rings. The summed E-state index contributed by atoms with van der Waals surface area (Å²) in [5, 5.41) is 8.59. The Hall–Kier alpha value is -1.99. The second-order valence-corrected chi connectivity index (χ2v) is 3.93. The fraction of sp³-hybridized carbons (Fsp3) is 0.250. The number of benzene rings is 1. The average Bonchev–Trinajstić information content (AvgIpc) is 2.26. The third kappa shape index (κ3) is 3.75. The van der Waals surface area contributed by atoms with Crippen molar-refractivity contribution in [2.24, 2.45) is 0 Å². The molecule has 1 aromatic carbocycles. The van der Waals surface area contributed by atoms with E-state index < -0.39 is 40.6 Å². The quantitative estimate of drug-likeness (QED) is 0.656. The molecule has 8 heteroatoms. The van der Waals surface area contributed by atoms with Crippen molar-refractivity contribution < 1.29 is 36.2 Å². The van der Waals surface area contributed by atoms with Gasteiger partial charge in [0.05, 0.1) is 11.1 Å². The van der Waals surface area contributed by atoms with Gasteiger partial charge in [-0.2, -0.15) is 26.3 Å². The Labute approximate surface area is 109 Å². The molecule has 0 saturated carbocycles. The molecule has 0 unspecified atom stereocenters. The van der Waals surface area contributed by atoms with E-state index in [9.17, 15) is 31.1 Å². The van der Waals surface area contributed by atoms with Gasteiger partial charge in [-0.05, 0) is 30.7 Å². The maximum Gasteiger partial charge on any atom is 0.417 e. The van der Waals surface area contributed by atoms with Crippen molar-refractivity contribution in [1.29, 1.82) is 0 Å². The van der Waals surface area contributed by atoms with E-state index in [1.807, 2.05) is 0 Å². The van der Waals surface area contributed by atoms with E-state index >= 15 is 0 Å². The summed E-state index contributed by atoms with van der Waals surface area (Å²) >= 11 is 0. The van der Waals surface area contributed by atoms with Crippen molar-refractivity contribution >= 4 is 12.0 Å². The first-order valence-corrected chi connectivity index (χ1v) is 5.13. The number of hydrogen-bond acceptors (Lipinski definition) is 1. The van der Waals surface area contributed by atoms with E-state index in [-0.39, 0.29) is 6.07 Å². The molecule has 2 nitrogen and oxygen atoms in total. The molecule has 0 atom stereocenters. The molecule has 110 valence electrons. The number of carboxylic acid groups (broad SMARTS) is 1. The van der Waals surface area contributed by atoms with Crippen LogP contribution in [0.5, 0.6) is 0 Å². The lowest BCUT2D eigenvalue weighted by Crippen LogP contribution is -2.12. The van der Waals surface area contributed by atoms with Gasteiger partial charge in [-0.25, -0.2) is 4.79 Å². The van der Waals surface area contributed by atoms with Gasteiger partial charge in [-0.15, -0.1) is 0 Å². The smallest absolute Gasteiger partial charge is 0.417 e. The first-order chi connectivity index (χ1) is 8.93. The fourth-order valence-electron chi connectivity index (χ4n) is 1.40. The minimum Gasteiger partial charge on any atom is -0.478 e. The minimum absolute atomic E-state index is 0.0407. The first kappa shape index (κ1) is 16.1. The van der Waals surface area contributed by atoms with Gasteiger partial charge in [0.1, 0.15) is 0 Å². The van der Waals surface area contributed by atoms with Gasteiger partial charge in [-0.3, -0.25) is 0 Å². The molecule has 1 aromatic rings. The highest BCUT2D eigenvalue weighted by molar-refractivity contribution is 5.91. The molecule has 0 heterocycles. The number of rotatable bonds is 2. The molecule has 1 rings (SSSR count). The lowest BCUT2D eigenvalue weighted by molar-refractivity contribution is -0.143. The average molecular weight is 298 g/mol. The van der Waals surface area contributed by atoms with Crippen LogP contribution < -0.4 is 0 Å². The lowest BCUT2D eigenvalue weighted by atomic mass is 10.0. The summed E-state index contributed by atoms with van der Waals surface area (Å²) in [6.45, 7) is 1.04. The fourth-order valence-corrected chi connectivity index (χ4v) is 1.40. The van der Waals surface area contributed by atoms with Crippen molar-refractivity contribution in [3.8, 4) is 0 Å². The van der Waals surface area contributed by atoms with Crippen LogP contribution in [0, 0.1) is 0 Å². The first-order valence-electron chi connectivity index (χ1n) is 5.13. The second-order valence-electron chi connectivity index (χ2n) is 3.93. The van der Waals surface area contributed by atoms with Gasteiger partial charge in [0, 0.05) is 5.57 Å². The molecule has 0 aromatic heterocycles. The topological polar surface area (TPSA) is 37.3 Å². The van der Waals surface area contributed by atoms with E-state index in [1.165, 1.54) is 0 Å². The number of hydrogen-bond donors (Lipinski definition) is 1. The van der Waals surface area contributed by atoms with Crippen LogP contribution in [-0.2, 0) is 17.1 Å². The molecule has 20 heavy (non-hydrogen) atoms. The molecular weight excluding hydrogens is 290 g/mol. The Balaban J connectivity index is 3.47. The zero-order valence-electron chi connectivity index (χ0n) is 9.93. The summed E-state index contributed by atoms with van der Waals surface area (Å²) in [4.78, 5) is 10.6. The zero-order valence-corrected chi connectivity index (χ0v) is 9.93. The molecule has 0 bridgehead atoms. The van der Waals surface area contributed by atoms with Crippen molar-refractivity contribution in [3.05, 3.63) is 40.5 Å². The van der Waals surface area contributed by atoms with Gasteiger partial charge in [0.25, 0.3) is 0 Å². The molecule has 0 aliphatic rings.